The van der Waals surface area contributed by atoms with E-state index in [2.05, 4.69) is 25.9 Å². The summed E-state index contributed by atoms with van der Waals surface area (Å²) in [5.41, 5.74) is 0. The van der Waals surface area contributed by atoms with Crippen LogP contribution in [0.15, 0.2) is 0 Å². The second kappa shape index (κ2) is 15.2. The maximum Gasteiger partial charge on any atom is 0.394 e. The molecule has 0 fully saturated rings. The van der Waals surface area contributed by atoms with E-state index in [-0.39, 0.29) is 0 Å². The summed E-state index contributed by atoms with van der Waals surface area (Å²) >= 11 is 0. The molecule has 0 saturated carbocycles. The van der Waals surface area contributed by atoms with Crippen molar-refractivity contribution in [2.45, 2.75) is 71.1 Å². The zero-order valence-electron chi connectivity index (χ0n) is 13.3. The van der Waals surface area contributed by atoms with Crippen molar-refractivity contribution in [3.63, 3.8) is 0 Å². The van der Waals surface area contributed by atoms with E-state index in [4.69, 9.17) is 17.5 Å². The van der Waals surface area contributed by atoms with Gasteiger partial charge in [0.05, 0.1) is 0 Å². The molecule has 0 aliphatic heterocycles. The topological polar surface area (TPSA) is 77.8 Å². The first-order chi connectivity index (χ1) is 9.27. The van der Waals surface area contributed by atoms with Crippen LogP contribution in [-0.2, 0) is 10.4 Å². The number of unbranched alkanes of at least 4 members (excludes halogenated alkanes) is 9. The van der Waals surface area contributed by atoms with Crippen LogP contribution in [0.1, 0.15) is 71.1 Å². The van der Waals surface area contributed by atoms with E-state index in [0.717, 1.165) is 0 Å². The standard InChI is InChI=1S/C14H31N.H2O4S/c1-4-5-6-7-8-9-10-11-12-13-14-15(2)3;1-5(2,3)4/h4-14H2,1-3H3;(H2,1,2,3,4). The van der Waals surface area contributed by atoms with Crippen LogP contribution < -0.4 is 0 Å². The third-order valence-electron chi connectivity index (χ3n) is 2.96. The fraction of sp³-hybridized carbons (Fsp3) is 1.00. The third kappa shape index (κ3) is 36.1. The maximum absolute atomic E-state index is 8.74. The number of nitrogens with zero attached hydrogens (tertiary/aromatic N) is 1. The zero-order valence-corrected chi connectivity index (χ0v) is 14.2. The Morgan fingerprint density at radius 3 is 1.35 bits per heavy atom. The summed E-state index contributed by atoms with van der Waals surface area (Å²) in [6, 6.07) is 0. The van der Waals surface area contributed by atoms with Crippen LogP contribution >= 0.6 is 0 Å². The summed E-state index contributed by atoms with van der Waals surface area (Å²) in [6.07, 6.45) is 14.4. The van der Waals surface area contributed by atoms with Gasteiger partial charge in [0.2, 0.25) is 0 Å². The van der Waals surface area contributed by atoms with E-state index in [0.29, 0.717) is 0 Å². The Morgan fingerprint density at radius 2 is 1.05 bits per heavy atom. The molecule has 5 nitrogen and oxygen atoms in total. The first-order valence-corrected chi connectivity index (χ1v) is 9.01. The van der Waals surface area contributed by atoms with E-state index < -0.39 is 10.4 Å². The zero-order chi connectivity index (χ0) is 15.9. The van der Waals surface area contributed by atoms with Gasteiger partial charge in [0.15, 0.2) is 0 Å². The van der Waals surface area contributed by atoms with E-state index in [1.165, 1.54) is 70.8 Å². The average molecular weight is 311 g/mol. The van der Waals surface area contributed by atoms with Crippen molar-refractivity contribution in [3.05, 3.63) is 0 Å². The van der Waals surface area contributed by atoms with Crippen molar-refractivity contribution in [2.75, 3.05) is 20.6 Å². The van der Waals surface area contributed by atoms with Gasteiger partial charge in [-0.15, -0.1) is 0 Å². The molecule has 0 saturated heterocycles. The molecule has 0 aromatic heterocycles. The minimum Gasteiger partial charge on any atom is -0.309 e. The van der Waals surface area contributed by atoms with Gasteiger partial charge in [0.1, 0.15) is 0 Å². The Balaban J connectivity index is 0. The predicted molar refractivity (Wildman–Crippen MR) is 84.6 cm³/mol. The number of hydrogen-bond donors (Lipinski definition) is 2. The van der Waals surface area contributed by atoms with Crippen molar-refractivity contribution >= 4 is 10.4 Å². The Kier molecular flexibility index (Phi) is 16.8. The molecule has 0 aliphatic rings. The SMILES string of the molecule is CCCCCCCCCCCCN(C)C.O=S(=O)(O)O. The fourth-order valence-corrected chi connectivity index (χ4v) is 1.92. The highest BCUT2D eigenvalue weighted by atomic mass is 32.3. The second-order valence-corrected chi connectivity index (χ2v) is 6.33. The Bertz CT molecular complexity index is 271. The highest BCUT2D eigenvalue weighted by Gasteiger charge is 1.93. The van der Waals surface area contributed by atoms with Crippen molar-refractivity contribution in [3.8, 4) is 0 Å². The summed E-state index contributed by atoms with van der Waals surface area (Å²) in [5, 5.41) is 0. The monoisotopic (exact) mass is 311 g/mol. The summed E-state index contributed by atoms with van der Waals surface area (Å²) in [5.74, 6) is 0. The average Bonchev–Trinajstić information content (AvgIpc) is 2.29. The first-order valence-electron chi connectivity index (χ1n) is 7.62. The van der Waals surface area contributed by atoms with Crippen LogP contribution in [0.5, 0.6) is 0 Å². The Morgan fingerprint density at radius 1 is 0.750 bits per heavy atom. The molecule has 0 rings (SSSR count). The van der Waals surface area contributed by atoms with Gasteiger partial charge in [-0.1, -0.05) is 64.7 Å². The minimum absolute atomic E-state index is 1.26. The predicted octanol–water partition coefficient (Wildman–Crippen LogP) is 3.82. The summed E-state index contributed by atoms with van der Waals surface area (Å²) in [7, 11) is -0.346. The van der Waals surface area contributed by atoms with Crippen LogP contribution in [0.2, 0.25) is 0 Å². The molecule has 0 unspecified atom stereocenters. The van der Waals surface area contributed by atoms with Gasteiger partial charge in [0.25, 0.3) is 0 Å². The van der Waals surface area contributed by atoms with Gasteiger partial charge in [-0.3, -0.25) is 9.11 Å². The van der Waals surface area contributed by atoms with Crippen molar-refractivity contribution in [1.29, 1.82) is 0 Å². The molecule has 0 amide bonds. The molecule has 0 heterocycles. The first kappa shape index (κ1) is 22.1. The van der Waals surface area contributed by atoms with Crippen LogP contribution in [0, 0.1) is 0 Å². The molecule has 0 radical (unpaired) electrons. The summed E-state index contributed by atoms with van der Waals surface area (Å²) in [6.45, 7) is 3.54. The van der Waals surface area contributed by atoms with Gasteiger partial charge in [0, 0.05) is 0 Å². The quantitative estimate of drug-likeness (QED) is 0.448. The number of rotatable bonds is 11. The lowest BCUT2D eigenvalue weighted by atomic mass is 10.1. The van der Waals surface area contributed by atoms with Crippen LogP contribution in [0.4, 0.5) is 0 Å². The maximum atomic E-state index is 8.74. The van der Waals surface area contributed by atoms with E-state index in [1.54, 1.807) is 0 Å². The normalized spacial score (nSPS) is 11.3. The lowest BCUT2D eigenvalue weighted by Gasteiger charge is -2.08. The summed E-state index contributed by atoms with van der Waals surface area (Å²) < 4.78 is 31.6. The Labute approximate surface area is 125 Å². The molecule has 6 heteroatoms. The van der Waals surface area contributed by atoms with E-state index in [1.807, 2.05) is 0 Å². The lowest BCUT2D eigenvalue weighted by Crippen LogP contribution is -2.12. The molecule has 0 bridgehead atoms. The molecular weight excluding hydrogens is 278 g/mol. The van der Waals surface area contributed by atoms with Gasteiger partial charge in [-0.05, 0) is 27.1 Å². The van der Waals surface area contributed by atoms with Gasteiger partial charge >= 0.3 is 10.4 Å². The molecule has 0 spiro atoms. The van der Waals surface area contributed by atoms with Crippen LogP contribution in [0.3, 0.4) is 0 Å². The summed E-state index contributed by atoms with van der Waals surface area (Å²) in [4.78, 5) is 2.28. The number of hydrogen-bond acceptors (Lipinski definition) is 3. The molecule has 124 valence electrons. The highest BCUT2D eigenvalue weighted by Crippen LogP contribution is 2.10. The van der Waals surface area contributed by atoms with E-state index in [9.17, 15) is 0 Å². The van der Waals surface area contributed by atoms with Crippen molar-refractivity contribution in [2.24, 2.45) is 0 Å². The minimum atomic E-state index is -4.67. The largest absolute Gasteiger partial charge is 0.394 e. The van der Waals surface area contributed by atoms with E-state index >= 15 is 0 Å². The second-order valence-electron chi connectivity index (χ2n) is 5.43. The molecule has 0 atom stereocenters. The fourth-order valence-electron chi connectivity index (χ4n) is 1.92. The lowest BCUT2D eigenvalue weighted by molar-refractivity contribution is 0.381. The van der Waals surface area contributed by atoms with Crippen molar-refractivity contribution < 1.29 is 17.5 Å². The molecule has 20 heavy (non-hydrogen) atoms. The van der Waals surface area contributed by atoms with Gasteiger partial charge in [-0.2, -0.15) is 8.42 Å². The molecule has 0 aromatic rings. The molecular formula is C14H33NO4S. The van der Waals surface area contributed by atoms with Gasteiger partial charge < -0.3 is 4.90 Å². The van der Waals surface area contributed by atoms with Crippen molar-refractivity contribution in [1.82, 2.24) is 4.90 Å². The van der Waals surface area contributed by atoms with Crippen LogP contribution in [-0.4, -0.2) is 43.1 Å². The third-order valence-corrected chi connectivity index (χ3v) is 2.96. The molecule has 0 aromatic carbocycles. The van der Waals surface area contributed by atoms with Gasteiger partial charge in [-0.25, -0.2) is 0 Å². The Hall–Kier alpha value is -0.170. The molecule has 0 aliphatic carbocycles. The molecule has 2 N–H and O–H groups in total. The smallest absolute Gasteiger partial charge is 0.309 e. The highest BCUT2D eigenvalue weighted by molar-refractivity contribution is 7.79. The van der Waals surface area contributed by atoms with Crippen LogP contribution in [0.25, 0.3) is 0 Å².